The van der Waals surface area contributed by atoms with E-state index >= 15 is 0 Å². The van der Waals surface area contributed by atoms with Crippen LogP contribution in [0.3, 0.4) is 0 Å². The van der Waals surface area contributed by atoms with E-state index < -0.39 is 0 Å². The van der Waals surface area contributed by atoms with Gasteiger partial charge in [-0.2, -0.15) is 0 Å². The van der Waals surface area contributed by atoms with Gasteiger partial charge in [-0.3, -0.25) is 0 Å². The summed E-state index contributed by atoms with van der Waals surface area (Å²) in [6.07, 6.45) is 11.7. The SMILES string of the molecule is C[C@]12C[C@H]3O[C@@H]3C[C@H]1CC[C@@H]1[C@@H]2CC[C@]2(C)[C@H](O)CC[C@@H]12. The van der Waals surface area contributed by atoms with Gasteiger partial charge in [0.15, 0.2) is 0 Å². The quantitative estimate of drug-likeness (QED) is 0.689. The van der Waals surface area contributed by atoms with Crippen molar-refractivity contribution in [1.82, 2.24) is 0 Å². The number of epoxide rings is 1. The molecule has 1 aliphatic heterocycles. The third-order valence-corrected chi connectivity index (χ3v) is 8.86. The summed E-state index contributed by atoms with van der Waals surface area (Å²) in [4.78, 5) is 0. The summed E-state index contributed by atoms with van der Waals surface area (Å²) in [5, 5.41) is 10.5. The first kappa shape index (κ1) is 13.4. The van der Waals surface area contributed by atoms with Crippen LogP contribution in [-0.2, 0) is 4.74 Å². The summed E-state index contributed by atoms with van der Waals surface area (Å²) < 4.78 is 5.90. The number of rotatable bonds is 0. The number of aliphatic hydroxyl groups excluding tert-OH is 1. The molecule has 2 heteroatoms. The largest absolute Gasteiger partial charge is 0.393 e. The van der Waals surface area contributed by atoms with Crippen LogP contribution in [0.5, 0.6) is 0 Å². The van der Waals surface area contributed by atoms with E-state index in [-0.39, 0.29) is 11.5 Å². The molecule has 5 fully saturated rings. The zero-order valence-electron chi connectivity index (χ0n) is 13.6. The minimum Gasteiger partial charge on any atom is -0.393 e. The minimum atomic E-state index is -0.0310. The summed E-state index contributed by atoms with van der Waals surface area (Å²) >= 11 is 0. The van der Waals surface area contributed by atoms with Crippen molar-refractivity contribution >= 4 is 0 Å². The van der Waals surface area contributed by atoms with E-state index in [1.807, 2.05) is 0 Å². The zero-order valence-corrected chi connectivity index (χ0v) is 13.6. The van der Waals surface area contributed by atoms with Crippen LogP contribution in [-0.4, -0.2) is 23.4 Å². The Morgan fingerprint density at radius 1 is 0.905 bits per heavy atom. The fraction of sp³-hybridized carbons (Fsp3) is 1.00. The monoisotopic (exact) mass is 290 g/mol. The summed E-state index contributed by atoms with van der Waals surface area (Å²) in [5.74, 6) is 3.50. The lowest BCUT2D eigenvalue weighted by Crippen LogP contribution is -2.54. The molecule has 1 N–H and O–H groups in total. The van der Waals surface area contributed by atoms with Crippen LogP contribution in [0.15, 0.2) is 0 Å². The van der Waals surface area contributed by atoms with Crippen LogP contribution in [0, 0.1) is 34.5 Å². The second kappa shape index (κ2) is 4.06. The van der Waals surface area contributed by atoms with Gasteiger partial charge in [0.05, 0.1) is 18.3 Å². The third-order valence-electron chi connectivity index (χ3n) is 8.86. The lowest BCUT2D eigenvalue weighted by Gasteiger charge is -2.59. The number of hydrogen-bond donors (Lipinski definition) is 1. The highest BCUT2D eigenvalue weighted by molar-refractivity contribution is 5.12. The Hall–Kier alpha value is -0.0800. The van der Waals surface area contributed by atoms with E-state index in [1.165, 1.54) is 44.9 Å². The molecule has 118 valence electrons. The van der Waals surface area contributed by atoms with Crippen LogP contribution in [0.4, 0.5) is 0 Å². The topological polar surface area (TPSA) is 32.8 Å². The summed E-state index contributed by atoms with van der Waals surface area (Å²) in [5.41, 5.74) is 0.771. The van der Waals surface area contributed by atoms with E-state index in [9.17, 15) is 5.11 Å². The molecular weight excluding hydrogens is 260 g/mol. The van der Waals surface area contributed by atoms with Crippen molar-refractivity contribution in [3.8, 4) is 0 Å². The highest BCUT2D eigenvalue weighted by Crippen LogP contribution is 2.67. The standard InChI is InChI=1S/C19H30O2/c1-18-8-7-14-12(13(18)5-6-17(18)20)4-3-11-9-15-16(21-15)10-19(11,14)2/h11-17,20H,3-10H2,1-2H3/t11-,12+,13+,14+,15-,16-,17-,18+,19+/m1/s1. The molecule has 0 spiro atoms. The molecule has 4 saturated carbocycles. The van der Waals surface area contributed by atoms with Gasteiger partial charge >= 0.3 is 0 Å². The summed E-state index contributed by atoms with van der Waals surface area (Å²) in [7, 11) is 0. The van der Waals surface area contributed by atoms with Gasteiger partial charge in [-0.1, -0.05) is 13.8 Å². The van der Waals surface area contributed by atoms with E-state index in [1.54, 1.807) is 0 Å². The van der Waals surface area contributed by atoms with Crippen LogP contribution < -0.4 is 0 Å². The van der Waals surface area contributed by atoms with E-state index in [4.69, 9.17) is 4.74 Å². The van der Waals surface area contributed by atoms with Crippen molar-refractivity contribution in [3.05, 3.63) is 0 Å². The van der Waals surface area contributed by atoms with Crippen LogP contribution in [0.25, 0.3) is 0 Å². The van der Waals surface area contributed by atoms with E-state index in [0.29, 0.717) is 17.6 Å². The third kappa shape index (κ3) is 1.62. The van der Waals surface area contributed by atoms with Gasteiger partial charge in [0.25, 0.3) is 0 Å². The molecule has 21 heavy (non-hydrogen) atoms. The lowest BCUT2D eigenvalue weighted by atomic mass is 9.45. The molecule has 9 atom stereocenters. The fourth-order valence-electron chi connectivity index (χ4n) is 7.49. The average molecular weight is 290 g/mol. The Morgan fingerprint density at radius 3 is 2.57 bits per heavy atom. The molecule has 5 rings (SSSR count). The van der Waals surface area contributed by atoms with E-state index in [0.717, 1.165) is 30.1 Å². The normalized spacial score (nSPS) is 65.0. The molecule has 0 aromatic rings. The van der Waals surface area contributed by atoms with Crippen molar-refractivity contribution < 1.29 is 9.84 Å². The molecular formula is C19H30O2. The van der Waals surface area contributed by atoms with Crippen molar-refractivity contribution in [3.63, 3.8) is 0 Å². The van der Waals surface area contributed by atoms with Gasteiger partial charge in [-0.25, -0.2) is 0 Å². The van der Waals surface area contributed by atoms with Crippen molar-refractivity contribution in [2.24, 2.45) is 34.5 Å². The highest BCUT2D eigenvalue weighted by Gasteiger charge is 2.63. The Labute approximate surface area is 128 Å². The van der Waals surface area contributed by atoms with Gasteiger partial charge in [-0.15, -0.1) is 0 Å². The Kier molecular flexibility index (Phi) is 2.58. The molecule has 2 nitrogen and oxygen atoms in total. The van der Waals surface area contributed by atoms with Crippen molar-refractivity contribution in [2.75, 3.05) is 0 Å². The molecule has 0 radical (unpaired) electrons. The van der Waals surface area contributed by atoms with Gasteiger partial charge in [0.1, 0.15) is 0 Å². The van der Waals surface area contributed by atoms with E-state index in [2.05, 4.69) is 13.8 Å². The summed E-state index contributed by atoms with van der Waals surface area (Å²) in [6, 6.07) is 0. The van der Waals surface area contributed by atoms with Crippen LogP contribution in [0.1, 0.15) is 65.2 Å². The number of fused-ring (bicyclic) bond motifs is 6. The van der Waals surface area contributed by atoms with Gasteiger partial charge in [-0.05, 0) is 85.9 Å². The number of ether oxygens (including phenoxy) is 1. The van der Waals surface area contributed by atoms with Gasteiger partial charge in [0.2, 0.25) is 0 Å². The molecule has 5 aliphatic rings. The first-order valence-electron chi connectivity index (χ1n) is 9.36. The minimum absolute atomic E-state index is 0.0310. The van der Waals surface area contributed by atoms with Crippen molar-refractivity contribution in [1.29, 1.82) is 0 Å². The summed E-state index contributed by atoms with van der Waals surface area (Å²) in [6.45, 7) is 4.99. The first-order valence-corrected chi connectivity index (χ1v) is 9.36. The molecule has 0 aromatic heterocycles. The predicted octanol–water partition coefficient (Wildman–Crippen LogP) is 3.77. The molecule has 0 aromatic carbocycles. The molecule has 4 aliphatic carbocycles. The second-order valence-electron chi connectivity index (χ2n) is 9.45. The van der Waals surface area contributed by atoms with Gasteiger partial charge < -0.3 is 9.84 Å². The molecule has 0 unspecified atom stereocenters. The average Bonchev–Trinajstić information content (AvgIpc) is 3.12. The zero-order chi connectivity index (χ0) is 14.4. The predicted molar refractivity (Wildman–Crippen MR) is 81.8 cm³/mol. The fourth-order valence-corrected chi connectivity index (χ4v) is 7.49. The van der Waals surface area contributed by atoms with Crippen molar-refractivity contribution in [2.45, 2.75) is 83.5 Å². The second-order valence-corrected chi connectivity index (χ2v) is 9.45. The maximum absolute atomic E-state index is 10.5. The molecule has 1 heterocycles. The maximum Gasteiger partial charge on any atom is 0.0847 e. The highest BCUT2D eigenvalue weighted by atomic mass is 16.6. The Bertz CT molecular complexity index is 462. The number of hydrogen-bond acceptors (Lipinski definition) is 2. The smallest absolute Gasteiger partial charge is 0.0847 e. The van der Waals surface area contributed by atoms with Crippen LogP contribution >= 0.6 is 0 Å². The number of aliphatic hydroxyl groups is 1. The van der Waals surface area contributed by atoms with Gasteiger partial charge in [0, 0.05) is 0 Å². The van der Waals surface area contributed by atoms with Crippen LogP contribution in [0.2, 0.25) is 0 Å². The maximum atomic E-state index is 10.5. The Morgan fingerprint density at radius 2 is 1.71 bits per heavy atom. The molecule has 0 amide bonds. The molecule has 0 bridgehead atoms. The lowest BCUT2D eigenvalue weighted by molar-refractivity contribution is -0.117. The Balaban J connectivity index is 1.47. The molecule has 1 saturated heterocycles. The first-order chi connectivity index (χ1) is 10.0.